The van der Waals surface area contributed by atoms with Gasteiger partial charge in [-0.1, -0.05) is 19.8 Å². The molecule has 1 saturated heterocycles. The normalized spacial score (nSPS) is 16.2. The van der Waals surface area contributed by atoms with Gasteiger partial charge in [-0.25, -0.2) is 8.42 Å². The molecule has 0 bridgehead atoms. The number of nitrogens with one attached hydrogen (secondary N) is 1. The highest BCUT2D eigenvalue weighted by atomic mass is 32.2. The lowest BCUT2D eigenvalue weighted by molar-refractivity contribution is -0.122. The maximum atomic E-state index is 12.9. The van der Waals surface area contributed by atoms with E-state index in [9.17, 15) is 13.2 Å². The number of anilines is 1. The van der Waals surface area contributed by atoms with Gasteiger partial charge < -0.3 is 14.8 Å². The molecule has 1 aliphatic heterocycles. The monoisotopic (exact) mass is 446 g/mol. The minimum absolute atomic E-state index is 0.244. The summed E-state index contributed by atoms with van der Waals surface area (Å²) in [5.74, 6) is 0.989. The van der Waals surface area contributed by atoms with Crippen molar-refractivity contribution in [3.8, 4) is 11.5 Å². The van der Waals surface area contributed by atoms with Crippen LogP contribution in [0, 0.1) is 0 Å². The molecule has 0 saturated carbocycles. The van der Waals surface area contributed by atoms with Gasteiger partial charge in [0.25, 0.3) is 5.91 Å². The molecule has 31 heavy (non-hydrogen) atoms. The lowest BCUT2D eigenvalue weighted by Gasteiger charge is -2.20. The molecule has 0 aromatic heterocycles. The summed E-state index contributed by atoms with van der Waals surface area (Å²) in [7, 11) is -1.93. The maximum absolute atomic E-state index is 12.9. The highest BCUT2D eigenvalue weighted by molar-refractivity contribution is 7.89. The van der Waals surface area contributed by atoms with Crippen molar-refractivity contribution in [2.75, 3.05) is 25.5 Å². The third-order valence-electron chi connectivity index (χ3n) is 5.33. The van der Waals surface area contributed by atoms with Gasteiger partial charge >= 0.3 is 0 Å². The van der Waals surface area contributed by atoms with Crippen molar-refractivity contribution in [2.24, 2.45) is 0 Å². The lowest BCUT2D eigenvalue weighted by Crippen LogP contribution is -2.32. The van der Waals surface area contributed by atoms with Crippen LogP contribution in [0.1, 0.15) is 39.0 Å². The van der Waals surface area contributed by atoms with E-state index in [2.05, 4.69) is 5.32 Å². The lowest BCUT2D eigenvalue weighted by atomic mass is 10.2. The summed E-state index contributed by atoms with van der Waals surface area (Å²) in [6.45, 7) is 2.98. The molecule has 1 heterocycles. The van der Waals surface area contributed by atoms with Crippen LogP contribution < -0.4 is 14.8 Å². The number of benzene rings is 2. The number of amides is 1. The zero-order valence-electron chi connectivity index (χ0n) is 18.0. The van der Waals surface area contributed by atoms with E-state index in [4.69, 9.17) is 9.47 Å². The van der Waals surface area contributed by atoms with E-state index < -0.39 is 16.1 Å². The predicted octanol–water partition coefficient (Wildman–Crippen LogP) is 4.06. The molecule has 0 radical (unpaired) electrons. The van der Waals surface area contributed by atoms with Crippen LogP contribution in [0.2, 0.25) is 0 Å². The fourth-order valence-electron chi connectivity index (χ4n) is 3.50. The second kappa shape index (κ2) is 10.6. The Morgan fingerprint density at radius 1 is 0.968 bits per heavy atom. The van der Waals surface area contributed by atoms with Crippen molar-refractivity contribution >= 4 is 21.6 Å². The first-order valence-corrected chi connectivity index (χ1v) is 12.1. The van der Waals surface area contributed by atoms with Crippen LogP contribution in [0.4, 0.5) is 5.69 Å². The van der Waals surface area contributed by atoms with Crippen molar-refractivity contribution in [1.29, 1.82) is 0 Å². The number of rotatable bonds is 8. The van der Waals surface area contributed by atoms with Gasteiger partial charge in [0.05, 0.1) is 12.0 Å². The van der Waals surface area contributed by atoms with Gasteiger partial charge in [-0.15, -0.1) is 0 Å². The van der Waals surface area contributed by atoms with Crippen LogP contribution in [0.5, 0.6) is 11.5 Å². The van der Waals surface area contributed by atoms with Gasteiger partial charge in [0.1, 0.15) is 11.5 Å². The zero-order chi connectivity index (χ0) is 22.3. The Hall–Kier alpha value is -2.58. The van der Waals surface area contributed by atoms with E-state index in [1.807, 2.05) is 6.92 Å². The largest absolute Gasteiger partial charge is 0.497 e. The number of sulfonamides is 1. The molecule has 3 rings (SSSR count). The minimum Gasteiger partial charge on any atom is -0.497 e. The van der Waals surface area contributed by atoms with Gasteiger partial charge in [0.2, 0.25) is 10.0 Å². The third kappa shape index (κ3) is 5.98. The summed E-state index contributed by atoms with van der Waals surface area (Å²) in [5, 5.41) is 2.81. The molecule has 0 aliphatic carbocycles. The predicted molar refractivity (Wildman–Crippen MR) is 120 cm³/mol. The quantitative estimate of drug-likeness (QED) is 0.661. The zero-order valence-corrected chi connectivity index (χ0v) is 18.9. The van der Waals surface area contributed by atoms with Crippen LogP contribution >= 0.6 is 0 Å². The van der Waals surface area contributed by atoms with Crippen molar-refractivity contribution in [3.05, 3.63) is 48.5 Å². The molecule has 0 unspecified atom stereocenters. The number of carbonyl (C=O) groups is 1. The summed E-state index contributed by atoms with van der Waals surface area (Å²) in [6.07, 6.45) is 3.72. The summed E-state index contributed by atoms with van der Waals surface area (Å²) < 4.78 is 38.3. The first-order valence-electron chi connectivity index (χ1n) is 10.7. The first-order chi connectivity index (χ1) is 14.9. The Bertz CT molecular complexity index is 950. The van der Waals surface area contributed by atoms with E-state index in [0.29, 0.717) is 36.7 Å². The van der Waals surface area contributed by atoms with Crippen molar-refractivity contribution in [1.82, 2.24) is 4.31 Å². The minimum atomic E-state index is -3.51. The SMILES string of the molecule is CC[C@H](Oc1ccc(OC)cc1)C(=O)Nc1ccc(S(=O)(=O)N2CCCCCC2)cc1. The van der Waals surface area contributed by atoms with Crippen LogP contribution in [0.25, 0.3) is 0 Å². The van der Waals surface area contributed by atoms with Gasteiger partial charge in [-0.3, -0.25) is 4.79 Å². The molecule has 0 spiro atoms. The van der Waals surface area contributed by atoms with E-state index in [-0.39, 0.29) is 10.8 Å². The first kappa shape index (κ1) is 23.1. The molecule has 1 amide bonds. The number of ether oxygens (including phenoxy) is 2. The average Bonchev–Trinajstić information content (AvgIpc) is 3.08. The van der Waals surface area contributed by atoms with E-state index >= 15 is 0 Å². The van der Waals surface area contributed by atoms with Crippen molar-refractivity contribution < 1.29 is 22.7 Å². The molecular formula is C23H30N2O5S. The Morgan fingerprint density at radius 3 is 2.10 bits per heavy atom. The van der Waals surface area contributed by atoms with E-state index in [1.165, 1.54) is 0 Å². The number of carbonyl (C=O) groups excluding carboxylic acids is 1. The van der Waals surface area contributed by atoms with Crippen LogP contribution in [-0.2, 0) is 14.8 Å². The Morgan fingerprint density at radius 2 is 1.55 bits per heavy atom. The summed E-state index contributed by atoms with van der Waals surface area (Å²) in [6, 6.07) is 13.3. The van der Waals surface area contributed by atoms with Crippen LogP contribution in [0.3, 0.4) is 0 Å². The second-order valence-electron chi connectivity index (χ2n) is 7.52. The molecule has 1 fully saturated rings. The second-order valence-corrected chi connectivity index (χ2v) is 9.46. The van der Waals surface area contributed by atoms with E-state index in [0.717, 1.165) is 25.7 Å². The van der Waals surface area contributed by atoms with Crippen molar-refractivity contribution in [3.63, 3.8) is 0 Å². The van der Waals surface area contributed by atoms with Crippen LogP contribution in [0.15, 0.2) is 53.4 Å². The molecule has 2 aromatic carbocycles. The number of hydrogen-bond donors (Lipinski definition) is 1. The summed E-state index contributed by atoms with van der Waals surface area (Å²) in [4.78, 5) is 12.9. The molecule has 8 heteroatoms. The smallest absolute Gasteiger partial charge is 0.265 e. The van der Waals surface area contributed by atoms with Gasteiger partial charge in [-0.05, 0) is 67.8 Å². The highest BCUT2D eigenvalue weighted by Crippen LogP contribution is 2.23. The number of methoxy groups -OCH3 is 1. The Kier molecular flexibility index (Phi) is 7.92. The average molecular weight is 447 g/mol. The Balaban J connectivity index is 1.64. The summed E-state index contributed by atoms with van der Waals surface area (Å²) in [5.41, 5.74) is 0.525. The fourth-order valence-corrected chi connectivity index (χ4v) is 5.02. The van der Waals surface area contributed by atoms with Gasteiger partial charge in [0.15, 0.2) is 6.10 Å². The van der Waals surface area contributed by atoms with Gasteiger partial charge in [0, 0.05) is 18.8 Å². The standard InChI is InChI=1S/C23H30N2O5S/c1-3-22(30-20-12-10-19(29-2)11-13-20)23(26)24-18-8-14-21(15-9-18)31(27,28)25-16-6-4-5-7-17-25/h8-15,22H,3-7,16-17H2,1-2H3,(H,24,26)/t22-/m0/s1. The molecule has 1 N–H and O–H groups in total. The molecule has 1 aliphatic rings. The topological polar surface area (TPSA) is 84.9 Å². The van der Waals surface area contributed by atoms with E-state index in [1.54, 1.807) is 59.9 Å². The number of nitrogens with zero attached hydrogens (tertiary/aromatic N) is 1. The van der Waals surface area contributed by atoms with Crippen LogP contribution in [-0.4, -0.2) is 44.9 Å². The fraction of sp³-hybridized carbons (Fsp3) is 0.435. The van der Waals surface area contributed by atoms with Gasteiger partial charge in [-0.2, -0.15) is 4.31 Å². The molecule has 2 aromatic rings. The molecule has 7 nitrogen and oxygen atoms in total. The maximum Gasteiger partial charge on any atom is 0.265 e. The molecular weight excluding hydrogens is 416 g/mol. The summed E-state index contributed by atoms with van der Waals surface area (Å²) >= 11 is 0. The molecule has 1 atom stereocenters. The molecule has 168 valence electrons. The number of hydrogen-bond acceptors (Lipinski definition) is 5. The highest BCUT2D eigenvalue weighted by Gasteiger charge is 2.25. The van der Waals surface area contributed by atoms with Crippen molar-refractivity contribution in [2.45, 2.75) is 50.0 Å². The third-order valence-corrected chi connectivity index (χ3v) is 7.24. The Labute approximate surface area is 184 Å².